The van der Waals surface area contributed by atoms with Crippen molar-refractivity contribution in [2.45, 2.75) is 39.2 Å². The summed E-state index contributed by atoms with van der Waals surface area (Å²) in [6.45, 7) is 4.94. The molecular weight excluding hydrogens is 264 g/mol. The minimum atomic E-state index is -0.731. The van der Waals surface area contributed by atoms with E-state index in [1.54, 1.807) is 16.7 Å². The number of carbonyl (C=O) groups excluding carboxylic acids is 1. The Morgan fingerprint density at radius 2 is 2.00 bits per heavy atom. The standard InChI is InChI=1S/C13H24N2O3S/c1-4-13(11(16)17)5-7-15(8-6-13)12(18)14-10(2)9-19-3/h10H,4-9H2,1-3H3,(H,14,18)(H,16,17). The van der Waals surface area contributed by atoms with E-state index in [0.717, 1.165) is 5.75 Å². The van der Waals surface area contributed by atoms with Gasteiger partial charge in [-0.2, -0.15) is 11.8 Å². The first-order valence-electron chi connectivity index (χ1n) is 6.73. The van der Waals surface area contributed by atoms with Gasteiger partial charge in [-0.3, -0.25) is 4.79 Å². The van der Waals surface area contributed by atoms with Gasteiger partial charge in [0, 0.05) is 24.9 Å². The zero-order valence-corrected chi connectivity index (χ0v) is 12.8. The third-order valence-electron chi connectivity index (χ3n) is 3.92. The average Bonchev–Trinajstić information content (AvgIpc) is 2.38. The van der Waals surface area contributed by atoms with Crippen LogP contribution in [0.25, 0.3) is 0 Å². The van der Waals surface area contributed by atoms with Gasteiger partial charge in [-0.1, -0.05) is 6.92 Å². The van der Waals surface area contributed by atoms with Crippen LogP contribution in [0.15, 0.2) is 0 Å². The molecule has 6 heteroatoms. The molecule has 19 heavy (non-hydrogen) atoms. The molecule has 0 saturated carbocycles. The summed E-state index contributed by atoms with van der Waals surface area (Å²) in [5.41, 5.74) is -0.637. The van der Waals surface area contributed by atoms with E-state index in [1.165, 1.54) is 0 Å². The minimum absolute atomic E-state index is 0.0726. The fraction of sp³-hybridized carbons (Fsp3) is 0.846. The number of amides is 2. The van der Waals surface area contributed by atoms with E-state index in [4.69, 9.17) is 0 Å². The summed E-state index contributed by atoms with van der Waals surface area (Å²) in [6, 6.07) is 0.0662. The molecule has 110 valence electrons. The quantitative estimate of drug-likeness (QED) is 0.812. The molecule has 2 amide bonds. The summed E-state index contributed by atoms with van der Waals surface area (Å²) in [6.07, 6.45) is 3.72. The van der Waals surface area contributed by atoms with Crippen LogP contribution in [-0.2, 0) is 4.79 Å². The number of carboxylic acids is 1. The van der Waals surface area contributed by atoms with Gasteiger partial charge in [0.2, 0.25) is 0 Å². The largest absolute Gasteiger partial charge is 0.481 e. The molecule has 1 heterocycles. The second-order valence-electron chi connectivity index (χ2n) is 5.23. The highest BCUT2D eigenvalue weighted by Gasteiger charge is 2.40. The van der Waals surface area contributed by atoms with Crippen molar-refractivity contribution in [1.29, 1.82) is 0 Å². The summed E-state index contributed by atoms with van der Waals surface area (Å²) in [5.74, 6) is 0.152. The zero-order chi connectivity index (χ0) is 14.5. The second-order valence-corrected chi connectivity index (χ2v) is 6.14. The normalized spacial score (nSPS) is 19.8. The van der Waals surface area contributed by atoms with Crippen molar-refractivity contribution in [2.24, 2.45) is 5.41 Å². The average molecular weight is 288 g/mol. The molecule has 1 unspecified atom stereocenters. The molecule has 1 saturated heterocycles. The summed E-state index contributed by atoms with van der Waals surface area (Å²) in [5, 5.41) is 12.3. The number of rotatable bonds is 5. The van der Waals surface area contributed by atoms with Crippen LogP contribution in [0.3, 0.4) is 0 Å². The molecule has 0 aliphatic carbocycles. The first-order chi connectivity index (χ1) is 8.95. The number of thioether (sulfide) groups is 1. The number of hydrogen-bond acceptors (Lipinski definition) is 3. The van der Waals surface area contributed by atoms with Gasteiger partial charge in [0.15, 0.2) is 0 Å². The molecule has 1 atom stereocenters. The van der Waals surface area contributed by atoms with E-state index in [9.17, 15) is 14.7 Å². The van der Waals surface area contributed by atoms with E-state index in [0.29, 0.717) is 32.4 Å². The van der Waals surface area contributed by atoms with Crippen LogP contribution in [0.5, 0.6) is 0 Å². The molecular formula is C13H24N2O3S. The van der Waals surface area contributed by atoms with Crippen LogP contribution in [0.4, 0.5) is 4.79 Å². The Morgan fingerprint density at radius 1 is 1.42 bits per heavy atom. The molecule has 2 N–H and O–H groups in total. The van der Waals surface area contributed by atoms with Gasteiger partial charge >= 0.3 is 12.0 Å². The van der Waals surface area contributed by atoms with Gasteiger partial charge < -0.3 is 15.3 Å². The molecule has 0 bridgehead atoms. The lowest BCUT2D eigenvalue weighted by atomic mass is 9.76. The third kappa shape index (κ3) is 4.03. The molecule has 1 aliphatic rings. The van der Waals surface area contributed by atoms with E-state index in [-0.39, 0.29) is 12.1 Å². The monoisotopic (exact) mass is 288 g/mol. The molecule has 0 aromatic rings. The van der Waals surface area contributed by atoms with Crippen LogP contribution in [0.1, 0.15) is 33.1 Å². The Balaban J connectivity index is 2.49. The SMILES string of the molecule is CCC1(C(=O)O)CCN(C(=O)NC(C)CSC)CC1. The van der Waals surface area contributed by atoms with Crippen molar-refractivity contribution in [2.75, 3.05) is 25.1 Å². The summed E-state index contributed by atoms with van der Waals surface area (Å²) >= 11 is 1.69. The minimum Gasteiger partial charge on any atom is -0.481 e. The Bertz CT molecular complexity index is 328. The topological polar surface area (TPSA) is 69.6 Å². The Kier molecular flexibility index (Phi) is 5.97. The van der Waals surface area contributed by atoms with Gasteiger partial charge in [-0.05, 0) is 32.4 Å². The van der Waals surface area contributed by atoms with Crippen LogP contribution >= 0.6 is 11.8 Å². The number of urea groups is 1. The van der Waals surface area contributed by atoms with E-state index < -0.39 is 11.4 Å². The maximum atomic E-state index is 12.0. The number of nitrogens with zero attached hydrogens (tertiary/aromatic N) is 1. The van der Waals surface area contributed by atoms with Crippen LogP contribution in [0.2, 0.25) is 0 Å². The zero-order valence-electron chi connectivity index (χ0n) is 11.9. The number of carbonyl (C=O) groups is 2. The predicted molar refractivity (Wildman–Crippen MR) is 77.5 cm³/mol. The lowest BCUT2D eigenvalue weighted by molar-refractivity contribution is -0.151. The van der Waals surface area contributed by atoms with Crippen LogP contribution in [-0.4, -0.2) is 53.1 Å². The maximum absolute atomic E-state index is 12.0. The van der Waals surface area contributed by atoms with E-state index in [1.807, 2.05) is 20.1 Å². The summed E-state index contributed by atoms with van der Waals surface area (Å²) in [4.78, 5) is 25.1. The van der Waals surface area contributed by atoms with Gasteiger partial charge in [-0.25, -0.2) is 4.79 Å². The number of hydrogen-bond donors (Lipinski definition) is 2. The number of aliphatic carboxylic acids is 1. The van der Waals surface area contributed by atoms with Crippen molar-refractivity contribution in [3.63, 3.8) is 0 Å². The molecule has 0 spiro atoms. The Morgan fingerprint density at radius 3 is 2.42 bits per heavy atom. The third-order valence-corrected chi connectivity index (χ3v) is 4.76. The number of nitrogens with one attached hydrogen (secondary N) is 1. The number of likely N-dealkylation sites (tertiary alicyclic amines) is 1. The molecule has 0 radical (unpaired) electrons. The molecule has 1 rings (SSSR count). The Labute approximate surface area is 119 Å². The molecule has 0 aromatic carbocycles. The lowest BCUT2D eigenvalue weighted by Crippen LogP contribution is -2.51. The summed E-state index contributed by atoms with van der Waals surface area (Å²) < 4.78 is 0. The van der Waals surface area contributed by atoms with Crippen LogP contribution < -0.4 is 5.32 Å². The first-order valence-corrected chi connectivity index (χ1v) is 8.12. The van der Waals surface area contributed by atoms with Gasteiger partial charge in [0.1, 0.15) is 0 Å². The van der Waals surface area contributed by atoms with Crippen molar-refractivity contribution >= 4 is 23.8 Å². The molecule has 1 aliphatic heterocycles. The lowest BCUT2D eigenvalue weighted by Gasteiger charge is -2.38. The van der Waals surface area contributed by atoms with Crippen molar-refractivity contribution in [3.05, 3.63) is 0 Å². The Hall–Kier alpha value is -0.910. The molecule has 5 nitrogen and oxygen atoms in total. The van der Waals surface area contributed by atoms with Crippen molar-refractivity contribution < 1.29 is 14.7 Å². The predicted octanol–water partition coefficient (Wildman–Crippen LogP) is 2.02. The van der Waals surface area contributed by atoms with Gasteiger partial charge in [0.05, 0.1) is 5.41 Å². The van der Waals surface area contributed by atoms with Crippen molar-refractivity contribution in [3.8, 4) is 0 Å². The highest BCUT2D eigenvalue weighted by molar-refractivity contribution is 7.98. The molecule has 1 fully saturated rings. The highest BCUT2D eigenvalue weighted by atomic mass is 32.2. The second kappa shape index (κ2) is 7.03. The van der Waals surface area contributed by atoms with Crippen molar-refractivity contribution in [1.82, 2.24) is 10.2 Å². The van der Waals surface area contributed by atoms with E-state index in [2.05, 4.69) is 5.32 Å². The van der Waals surface area contributed by atoms with Crippen LogP contribution in [0, 0.1) is 5.41 Å². The fourth-order valence-electron chi connectivity index (χ4n) is 2.45. The van der Waals surface area contributed by atoms with Gasteiger partial charge in [0.25, 0.3) is 0 Å². The maximum Gasteiger partial charge on any atom is 0.317 e. The number of piperidine rings is 1. The highest BCUT2D eigenvalue weighted by Crippen LogP contribution is 2.35. The van der Waals surface area contributed by atoms with Gasteiger partial charge in [-0.15, -0.1) is 0 Å². The summed E-state index contributed by atoms with van der Waals surface area (Å²) in [7, 11) is 0. The van der Waals surface area contributed by atoms with E-state index >= 15 is 0 Å². The first kappa shape index (κ1) is 16.1. The molecule has 0 aromatic heterocycles. The fourth-order valence-corrected chi connectivity index (χ4v) is 3.03. The smallest absolute Gasteiger partial charge is 0.317 e. The number of carboxylic acid groups (broad SMARTS) is 1.